The van der Waals surface area contributed by atoms with Crippen molar-refractivity contribution in [1.82, 2.24) is 29.0 Å². The lowest BCUT2D eigenvalue weighted by atomic mass is 10.0. The van der Waals surface area contributed by atoms with Crippen molar-refractivity contribution in [2.24, 2.45) is 0 Å². The number of aromatic nitrogens is 5. The Balaban J connectivity index is 1.48. The molecule has 0 aromatic carbocycles. The number of fused-ring (bicyclic) bond motifs is 1. The second-order valence-electron chi connectivity index (χ2n) is 6.03. The van der Waals surface area contributed by atoms with E-state index >= 15 is 0 Å². The van der Waals surface area contributed by atoms with Crippen LogP contribution in [0.3, 0.4) is 0 Å². The van der Waals surface area contributed by atoms with Gasteiger partial charge < -0.3 is 13.9 Å². The molecule has 1 amide bonds. The fourth-order valence-electron chi connectivity index (χ4n) is 3.13. The van der Waals surface area contributed by atoms with Crippen LogP contribution in [-0.2, 0) is 0 Å². The van der Waals surface area contributed by atoms with Crippen molar-refractivity contribution in [2.45, 2.75) is 25.8 Å². The van der Waals surface area contributed by atoms with E-state index in [0.29, 0.717) is 11.7 Å². The molecule has 7 heteroatoms. The van der Waals surface area contributed by atoms with Gasteiger partial charge >= 0.3 is 0 Å². The Bertz CT molecular complexity index is 830. The molecule has 4 heterocycles. The van der Waals surface area contributed by atoms with Gasteiger partial charge in [0.25, 0.3) is 5.91 Å². The molecule has 1 saturated heterocycles. The molecule has 118 valence electrons. The van der Waals surface area contributed by atoms with Gasteiger partial charge in [0.15, 0.2) is 0 Å². The van der Waals surface area contributed by atoms with Crippen LogP contribution in [0.15, 0.2) is 37.2 Å². The van der Waals surface area contributed by atoms with Gasteiger partial charge in [-0.2, -0.15) is 0 Å². The van der Waals surface area contributed by atoms with Gasteiger partial charge in [-0.15, -0.1) is 10.2 Å². The SMILES string of the molecule is Cc1ccc2nc(C(=O)N3CCC(n4cnnc4)CC3)cn2c1. The van der Waals surface area contributed by atoms with Gasteiger partial charge in [0.1, 0.15) is 24.0 Å². The average molecular weight is 310 g/mol. The summed E-state index contributed by atoms with van der Waals surface area (Å²) < 4.78 is 3.93. The molecule has 1 aliphatic heterocycles. The Labute approximate surface area is 133 Å². The molecule has 0 atom stereocenters. The lowest BCUT2D eigenvalue weighted by Gasteiger charge is -2.31. The van der Waals surface area contributed by atoms with Crippen LogP contribution in [0.4, 0.5) is 0 Å². The van der Waals surface area contributed by atoms with Gasteiger partial charge in [-0.05, 0) is 31.4 Å². The highest BCUT2D eigenvalue weighted by molar-refractivity contribution is 5.93. The molecule has 0 unspecified atom stereocenters. The minimum absolute atomic E-state index is 0.00793. The summed E-state index contributed by atoms with van der Waals surface area (Å²) in [5.41, 5.74) is 2.46. The van der Waals surface area contributed by atoms with Gasteiger partial charge in [-0.25, -0.2) is 4.98 Å². The Hall–Kier alpha value is -2.70. The van der Waals surface area contributed by atoms with Crippen molar-refractivity contribution >= 4 is 11.6 Å². The van der Waals surface area contributed by atoms with Gasteiger partial charge in [-0.3, -0.25) is 4.79 Å². The van der Waals surface area contributed by atoms with E-state index in [4.69, 9.17) is 0 Å². The summed E-state index contributed by atoms with van der Waals surface area (Å²) in [4.78, 5) is 19.0. The zero-order valence-corrected chi connectivity index (χ0v) is 13.0. The number of hydrogen-bond donors (Lipinski definition) is 0. The average Bonchev–Trinajstić information content (AvgIpc) is 3.23. The summed E-state index contributed by atoms with van der Waals surface area (Å²) in [6, 6.07) is 4.31. The Morgan fingerprint density at radius 1 is 1.13 bits per heavy atom. The van der Waals surface area contributed by atoms with Crippen molar-refractivity contribution in [2.75, 3.05) is 13.1 Å². The lowest BCUT2D eigenvalue weighted by molar-refractivity contribution is 0.0689. The molecule has 7 nitrogen and oxygen atoms in total. The topological polar surface area (TPSA) is 68.3 Å². The van der Waals surface area contributed by atoms with E-state index in [9.17, 15) is 4.79 Å². The van der Waals surface area contributed by atoms with E-state index in [1.165, 1.54) is 0 Å². The van der Waals surface area contributed by atoms with E-state index < -0.39 is 0 Å². The highest BCUT2D eigenvalue weighted by Gasteiger charge is 2.25. The fourth-order valence-corrected chi connectivity index (χ4v) is 3.13. The molecule has 0 bridgehead atoms. The van der Waals surface area contributed by atoms with E-state index in [0.717, 1.165) is 37.1 Å². The largest absolute Gasteiger partial charge is 0.337 e. The molecular weight excluding hydrogens is 292 g/mol. The highest BCUT2D eigenvalue weighted by Crippen LogP contribution is 2.23. The third kappa shape index (κ3) is 2.58. The number of hydrogen-bond acceptors (Lipinski definition) is 4. The maximum atomic E-state index is 12.7. The van der Waals surface area contributed by atoms with E-state index in [1.807, 2.05) is 45.3 Å². The van der Waals surface area contributed by atoms with Crippen LogP contribution >= 0.6 is 0 Å². The lowest BCUT2D eigenvalue weighted by Crippen LogP contribution is -2.39. The summed E-state index contributed by atoms with van der Waals surface area (Å²) in [6.45, 7) is 3.49. The zero-order valence-electron chi connectivity index (χ0n) is 13.0. The van der Waals surface area contributed by atoms with Crippen molar-refractivity contribution in [3.63, 3.8) is 0 Å². The number of carbonyl (C=O) groups excluding carboxylic acids is 1. The molecule has 23 heavy (non-hydrogen) atoms. The van der Waals surface area contributed by atoms with Gasteiger partial charge in [0.2, 0.25) is 0 Å². The molecule has 1 aliphatic rings. The first-order valence-corrected chi connectivity index (χ1v) is 7.79. The molecule has 0 radical (unpaired) electrons. The quantitative estimate of drug-likeness (QED) is 0.722. The molecule has 0 spiro atoms. The number of carbonyl (C=O) groups is 1. The van der Waals surface area contributed by atoms with Crippen LogP contribution in [-0.4, -0.2) is 48.0 Å². The first kappa shape index (κ1) is 13.9. The minimum Gasteiger partial charge on any atom is -0.337 e. The normalized spacial score (nSPS) is 16.1. The van der Waals surface area contributed by atoms with E-state index in [2.05, 4.69) is 15.2 Å². The maximum absolute atomic E-state index is 12.7. The first-order chi connectivity index (χ1) is 11.2. The van der Waals surface area contributed by atoms with E-state index in [-0.39, 0.29) is 5.91 Å². The summed E-state index contributed by atoms with van der Waals surface area (Å²) >= 11 is 0. The summed E-state index contributed by atoms with van der Waals surface area (Å²) in [5.74, 6) is 0.00793. The van der Waals surface area contributed by atoms with Gasteiger partial charge in [0, 0.05) is 31.5 Å². The summed E-state index contributed by atoms with van der Waals surface area (Å²) in [7, 11) is 0. The Morgan fingerprint density at radius 3 is 2.61 bits per heavy atom. The number of imidazole rings is 1. The molecule has 0 aliphatic carbocycles. The number of amides is 1. The molecule has 0 N–H and O–H groups in total. The smallest absolute Gasteiger partial charge is 0.274 e. The first-order valence-electron chi connectivity index (χ1n) is 7.79. The summed E-state index contributed by atoms with van der Waals surface area (Å²) in [6.07, 6.45) is 9.11. The number of piperidine rings is 1. The van der Waals surface area contributed by atoms with Crippen molar-refractivity contribution < 1.29 is 4.79 Å². The molecule has 1 fully saturated rings. The monoisotopic (exact) mass is 310 g/mol. The minimum atomic E-state index is 0.00793. The van der Waals surface area contributed by atoms with Crippen LogP contribution in [0.2, 0.25) is 0 Å². The number of likely N-dealkylation sites (tertiary alicyclic amines) is 1. The molecule has 4 rings (SSSR count). The van der Waals surface area contributed by atoms with Crippen LogP contribution < -0.4 is 0 Å². The zero-order chi connectivity index (χ0) is 15.8. The third-order valence-corrected chi connectivity index (χ3v) is 4.43. The van der Waals surface area contributed by atoms with Crippen LogP contribution in [0, 0.1) is 6.92 Å². The van der Waals surface area contributed by atoms with Gasteiger partial charge in [-0.1, -0.05) is 6.07 Å². The maximum Gasteiger partial charge on any atom is 0.274 e. The number of nitrogens with zero attached hydrogens (tertiary/aromatic N) is 6. The van der Waals surface area contributed by atoms with Crippen LogP contribution in [0.5, 0.6) is 0 Å². The van der Waals surface area contributed by atoms with E-state index in [1.54, 1.807) is 12.7 Å². The number of rotatable bonds is 2. The van der Waals surface area contributed by atoms with Crippen molar-refractivity contribution in [3.8, 4) is 0 Å². The third-order valence-electron chi connectivity index (χ3n) is 4.43. The van der Waals surface area contributed by atoms with Crippen LogP contribution in [0.1, 0.15) is 34.9 Å². The Kier molecular flexibility index (Phi) is 3.33. The van der Waals surface area contributed by atoms with Crippen molar-refractivity contribution in [1.29, 1.82) is 0 Å². The van der Waals surface area contributed by atoms with Gasteiger partial charge in [0.05, 0.1) is 0 Å². The molecule has 3 aromatic rings. The number of pyridine rings is 1. The fraction of sp³-hybridized carbons (Fsp3) is 0.375. The summed E-state index contributed by atoms with van der Waals surface area (Å²) in [5, 5.41) is 7.70. The second-order valence-corrected chi connectivity index (χ2v) is 6.03. The van der Waals surface area contributed by atoms with Crippen molar-refractivity contribution in [3.05, 3.63) is 48.4 Å². The Morgan fingerprint density at radius 2 is 1.87 bits per heavy atom. The predicted molar refractivity (Wildman–Crippen MR) is 84.1 cm³/mol. The highest BCUT2D eigenvalue weighted by atomic mass is 16.2. The molecular formula is C16H18N6O. The van der Waals surface area contributed by atoms with Crippen LogP contribution in [0.25, 0.3) is 5.65 Å². The predicted octanol–water partition coefficient (Wildman–Crippen LogP) is 1.71. The standard InChI is InChI=1S/C16H18N6O/c1-12-2-3-15-19-14(9-21(15)8-12)16(23)20-6-4-13(5-7-20)22-10-17-18-11-22/h2-3,8-11,13H,4-7H2,1H3. The molecule has 0 saturated carbocycles. The second kappa shape index (κ2) is 5.49. The molecule has 3 aromatic heterocycles. The number of aryl methyl sites for hydroxylation is 1.